The van der Waals surface area contributed by atoms with Crippen molar-refractivity contribution in [1.82, 2.24) is 20.0 Å². The van der Waals surface area contributed by atoms with Crippen LogP contribution in [0.5, 0.6) is 0 Å². The molecule has 108 valence electrons. The average molecular weight is 300 g/mol. The molecule has 0 saturated heterocycles. The Morgan fingerprint density at radius 3 is 2.62 bits per heavy atom. The van der Waals surface area contributed by atoms with Crippen molar-refractivity contribution >= 4 is 12.2 Å². The van der Waals surface area contributed by atoms with Crippen LogP contribution in [0.25, 0.3) is 5.69 Å². The second-order valence-electron chi connectivity index (χ2n) is 4.90. The van der Waals surface area contributed by atoms with Gasteiger partial charge in [-0.3, -0.25) is 0 Å². The Morgan fingerprint density at radius 1 is 1.19 bits per heavy atom. The Balaban J connectivity index is 1.86. The Bertz CT molecular complexity index is 801. The summed E-state index contributed by atoms with van der Waals surface area (Å²) in [5.41, 5.74) is 4.47. The van der Waals surface area contributed by atoms with E-state index in [0.29, 0.717) is 17.1 Å². The van der Waals surface area contributed by atoms with Crippen LogP contribution in [-0.2, 0) is 12.8 Å². The van der Waals surface area contributed by atoms with E-state index in [4.69, 9.17) is 16.6 Å². The number of para-hydroxylation sites is 1. The molecule has 3 aromatic rings. The zero-order valence-electron chi connectivity index (χ0n) is 12.0. The molecule has 1 N–H and O–H groups in total. The lowest BCUT2D eigenvalue weighted by molar-refractivity contribution is 0.479. The van der Waals surface area contributed by atoms with Crippen molar-refractivity contribution in [2.45, 2.75) is 26.7 Å². The van der Waals surface area contributed by atoms with Crippen LogP contribution in [0.1, 0.15) is 22.8 Å². The summed E-state index contributed by atoms with van der Waals surface area (Å²) < 4.78 is 7.27. The van der Waals surface area contributed by atoms with Gasteiger partial charge in [0, 0.05) is 12.1 Å². The van der Waals surface area contributed by atoms with Gasteiger partial charge in [0.05, 0.1) is 11.4 Å². The fourth-order valence-electron chi connectivity index (χ4n) is 2.46. The van der Waals surface area contributed by atoms with E-state index in [9.17, 15) is 0 Å². The van der Waals surface area contributed by atoms with E-state index in [0.717, 1.165) is 23.5 Å². The number of rotatable bonds is 4. The highest BCUT2D eigenvalue weighted by Crippen LogP contribution is 2.19. The first-order valence-electron chi connectivity index (χ1n) is 6.80. The summed E-state index contributed by atoms with van der Waals surface area (Å²) in [5, 5.41) is 11.3. The number of hydrogen-bond donors (Lipinski definition) is 1. The maximum absolute atomic E-state index is 5.30. The second kappa shape index (κ2) is 5.65. The van der Waals surface area contributed by atoms with Crippen LogP contribution in [0, 0.1) is 18.7 Å². The van der Waals surface area contributed by atoms with Crippen LogP contribution < -0.4 is 0 Å². The number of H-pyrrole nitrogens is 1. The molecule has 0 unspecified atom stereocenters. The molecule has 21 heavy (non-hydrogen) atoms. The Kier molecular flexibility index (Phi) is 3.70. The van der Waals surface area contributed by atoms with Crippen LogP contribution >= 0.6 is 12.2 Å². The number of nitrogens with one attached hydrogen (secondary N) is 1. The zero-order chi connectivity index (χ0) is 14.8. The minimum absolute atomic E-state index is 0.318. The van der Waals surface area contributed by atoms with Crippen molar-refractivity contribution in [2.75, 3.05) is 0 Å². The lowest BCUT2D eigenvalue weighted by atomic mass is 10.1. The highest BCUT2D eigenvalue weighted by molar-refractivity contribution is 7.71. The van der Waals surface area contributed by atoms with Crippen LogP contribution in [-0.4, -0.2) is 20.0 Å². The van der Waals surface area contributed by atoms with Gasteiger partial charge < -0.3 is 4.42 Å². The van der Waals surface area contributed by atoms with Crippen molar-refractivity contribution in [2.24, 2.45) is 0 Å². The van der Waals surface area contributed by atoms with Crippen molar-refractivity contribution in [3.8, 4) is 5.69 Å². The zero-order valence-corrected chi connectivity index (χ0v) is 12.8. The lowest BCUT2D eigenvalue weighted by Gasteiger charge is -2.04. The van der Waals surface area contributed by atoms with E-state index in [-0.39, 0.29) is 0 Å². The third-order valence-corrected chi connectivity index (χ3v) is 3.69. The first-order chi connectivity index (χ1) is 10.1. The largest absolute Gasteiger partial charge is 0.414 e. The maximum atomic E-state index is 5.30. The molecule has 2 heterocycles. The second-order valence-corrected chi connectivity index (χ2v) is 5.27. The van der Waals surface area contributed by atoms with Gasteiger partial charge in [-0.15, -0.1) is 5.10 Å². The molecule has 0 atom stereocenters. The van der Waals surface area contributed by atoms with Gasteiger partial charge in [-0.1, -0.05) is 18.2 Å². The summed E-state index contributed by atoms with van der Waals surface area (Å²) in [6.07, 6.45) is 1.53. The number of aromatic nitrogens is 4. The SMILES string of the molecule is Cc1nn(-c2ccccc2)c(C)c1CCc1n[nH]c(=S)o1. The van der Waals surface area contributed by atoms with Gasteiger partial charge in [0.1, 0.15) is 0 Å². The molecular formula is C15H16N4OS. The van der Waals surface area contributed by atoms with Crippen molar-refractivity contribution in [3.63, 3.8) is 0 Å². The number of benzene rings is 1. The molecule has 2 aromatic heterocycles. The summed E-state index contributed by atoms with van der Waals surface area (Å²) in [6, 6.07) is 10.1. The minimum Gasteiger partial charge on any atom is -0.414 e. The summed E-state index contributed by atoms with van der Waals surface area (Å²) in [4.78, 5) is 0.318. The summed E-state index contributed by atoms with van der Waals surface area (Å²) in [6.45, 7) is 4.12. The molecule has 6 heteroatoms. The highest BCUT2D eigenvalue weighted by atomic mass is 32.1. The number of hydrogen-bond acceptors (Lipinski definition) is 4. The van der Waals surface area contributed by atoms with Crippen LogP contribution in [0.3, 0.4) is 0 Å². The molecule has 0 aliphatic heterocycles. The van der Waals surface area contributed by atoms with Crippen LogP contribution in [0.4, 0.5) is 0 Å². The van der Waals surface area contributed by atoms with E-state index in [2.05, 4.69) is 34.4 Å². The smallest absolute Gasteiger partial charge is 0.284 e. The van der Waals surface area contributed by atoms with Gasteiger partial charge in [0.2, 0.25) is 5.89 Å². The van der Waals surface area contributed by atoms with Crippen molar-refractivity contribution in [3.05, 3.63) is 58.0 Å². The van der Waals surface area contributed by atoms with E-state index >= 15 is 0 Å². The standard InChI is InChI=1S/C15H16N4OS/c1-10-13(8-9-14-16-17-15(21)20-14)11(2)19(18-10)12-6-4-3-5-7-12/h3-7H,8-9H2,1-2H3,(H,17,21). The first kappa shape index (κ1) is 13.8. The average Bonchev–Trinajstić information content (AvgIpc) is 3.02. The fourth-order valence-corrected chi connectivity index (χ4v) is 2.60. The molecule has 1 aromatic carbocycles. The van der Waals surface area contributed by atoms with E-state index in [1.54, 1.807) is 0 Å². The molecule has 0 amide bonds. The quantitative estimate of drug-likeness (QED) is 0.751. The number of aryl methyl sites for hydroxylation is 2. The molecule has 0 aliphatic carbocycles. The summed E-state index contributed by atoms with van der Waals surface area (Å²) in [5.74, 6) is 0.631. The molecule has 3 rings (SSSR count). The van der Waals surface area contributed by atoms with Gasteiger partial charge >= 0.3 is 0 Å². The number of aromatic amines is 1. The molecular weight excluding hydrogens is 284 g/mol. The van der Waals surface area contributed by atoms with Gasteiger partial charge in [-0.2, -0.15) is 5.10 Å². The Hall–Kier alpha value is -2.21. The third-order valence-electron chi connectivity index (χ3n) is 3.51. The topological polar surface area (TPSA) is 59.6 Å². The van der Waals surface area contributed by atoms with Gasteiger partial charge in [-0.25, -0.2) is 9.78 Å². The maximum Gasteiger partial charge on any atom is 0.284 e. The van der Waals surface area contributed by atoms with Gasteiger partial charge in [-0.05, 0) is 50.2 Å². The van der Waals surface area contributed by atoms with Gasteiger partial charge in [0.25, 0.3) is 4.84 Å². The van der Waals surface area contributed by atoms with Crippen molar-refractivity contribution < 1.29 is 4.42 Å². The van der Waals surface area contributed by atoms with E-state index < -0.39 is 0 Å². The fraction of sp³-hybridized carbons (Fsp3) is 0.267. The van der Waals surface area contributed by atoms with Crippen molar-refractivity contribution in [1.29, 1.82) is 0 Å². The molecule has 5 nitrogen and oxygen atoms in total. The first-order valence-corrected chi connectivity index (χ1v) is 7.21. The molecule has 0 saturated carbocycles. The van der Waals surface area contributed by atoms with Crippen LogP contribution in [0.2, 0.25) is 0 Å². The number of nitrogens with zero attached hydrogens (tertiary/aromatic N) is 3. The Labute approximate surface area is 127 Å². The van der Waals surface area contributed by atoms with E-state index in [1.807, 2.05) is 29.8 Å². The van der Waals surface area contributed by atoms with Crippen LogP contribution in [0.15, 0.2) is 34.7 Å². The summed E-state index contributed by atoms with van der Waals surface area (Å²) in [7, 11) is 0. The Morgan fingerprint density at radius 2 is 1.95 bits per heavy atom. The predicted octanol–water partition coefficient (Wildman–Crippen LogP) is 3.32. The van der Waals surface area contributed by atoms with E-state index in [1.165, 1.54) is 5.56 Å². The lowest BCUT2D eigenvalue weighted by Crippen LogP contribution is -2.00. The molecule has 0 fully saturated rings. The monoisotopic (exact) mass is 300 g/mol. The summed E-state index contributed by atoms with van der Waals surface area (Å²) >= 11 is 4.88. The molecule has 0 bridgehead atoms. The third kappa shape index (κ3) is 2.80. The van der Waals surface area contributed by atoms with Gasteiger partial charge in [0.15, 0.2) is 0 Å². The predicted molar refractivity (Wildman–Crippen MR) is 82.1 cm³/mol. The molecule has 0 spiro atoms. The molecule has 0 aliphatic rings. The highest BCUT2D eigenvalue weighted by Gasteiger charge is 2.13. The minimum atomic E-state index is 0.318. The molecule has 0 radical (unpaired) electrons. The normalized spacial score (nSPS) is 11.0.